The van der Waals surface area contributed by atoms with Gasteiger partial charge in [-0.25, -0.2) is 4.85 Å². The molecule has 1 aliphatic carbocycles. The second kappa shape index (κ2) is 12.1. The Hall–Kier alpha value is -6.49. The summed E-state index contributed by atoms with van der Waals surface area (Å²) in [5, 5.41) is 21.2. The summed E-state index contributed by atoms with van der Waals surface area (Å²) in [4.78, 5) is 24.8. The summed E-state index contributed by atoms with van der Waals surface area (Å²) in [6, 6.07) is 24.1. The van der Waals surface area contributed by atoms with Gasteiger partial charge >= 0.3 is 0 Å². The van der Waals surface area contributed by atoms with E-state index >= 15 is 0 Å². The topological polar surface area (TPSA) is 118 Å². The molecule has 6 aromatic rings. The van der Waals surface area contributed by atoms with E-state index in [0.717, 1.165) is 65.8 Å². The molecule has 5 N–H and O–H groups in total. The van der Waals surface area contributed by atoms with Crippen LogP contribution in [-0.4, -0.2) is 61.0 Å². The molecule has 6 aromatic carbocycles. The highest BCUT2D eigenvalue weighted by Crippen LogP contribution is 2.56. The van der Waals surface area contributed by atoms with Crippen LogP contribution >= 0.6 is 0 Å². The summed E-state index contributed by atoms with van der Waals surface area (Å²) in [5.41, 5.74) is 19.8. The van der Waals surface area contributed by atoms with E-state index in [1.807, 2.05) is 109 Å². The maximum Gasteiger partial charge on any atom is 0.210 e. The minimum Gasteiger partial charge on any atom is -0.775 e. The van der Waals surface area contributed by atoms with E-state index in [1.54, 1.807) is 0 Å². The van der Waals surface area contributed by atoms with Crippen molar-refractivity contribution in [1.82, 2.24) is 0 Å². The van der Waals surface area contributed by atoms with E-state index < -0.39 is 5.92 Å². The predicted octanol–water partition coefficient (Wildman–Crippen LogP) is 7.87. The van der Waals surface area contributed by atoms with E-state index in [1.165, 1.54) is 0 Å². The SMILES string of the molecule is [C-]#[N+]C(=C=[N-])C1=C(c2c(N)cc(NC)c3c(N(C)C)c4ccccc4cc23)C(=O)C1c1c(N)cc(N(C)C)c2c(N(C)C)c3ccccc3cc12. The lowest BCUT2D eigenvalue weighted by molar-refractivity contribution is -0.115. The van der Waals surface area contributed by atoms with Gasteiger partial charge in [-0.3, -0.25) is 10.7 Å². The smallest absolute Gasteiger partial charge is 0.210 e. The van der Waals surface area contributed by atoms with Crippen molar-refractivity contribution in [2.24, 2.45) is 0 Å². The number of fused-ring (bicyclic) bond motifs is 4. The van der Waals surface area contributed by atoms with Crippen LogP contribution in [0, 0.1) is 6.57 Å². The van der Waals surface area contributed by atoms with Crippen molar-refractivity contribution in [3.8, 4) is 0 Å². The van der Waals surface area contributed by atoms with Crippen LogP contribution in [0.1, 0.15) is 17.0 Å². The molecule has 0 bridgehead atoms. The third kappa shape index (κ3) is 4.76. The Morgan fingerprint density at radius 3 is 1.88 bits per heavy atom. The number of nitrogens with zero attached hydrogens (tertiary/aromatic N) is 5. The lowest BCUT2D eigenvalue weighted by Gasteiger charge is -2.36. The van der Waals surface area contributed by atoms with E-state index in [9.17, 15) is 10.2 Å². The Balaban J connectivity index is 1.64. The Labute approximate surface area is 297 Å². The molecule has 254 valence electrons. The van der Waals surface area contributed by atoms with Crippen molar-refractivity contribution in [2.45, 2.75) is 5.92 Å². The summed E-state index contributed by atoms with van der Waals surface area (Å²) >= 11 is 0. The number of ketones is 1. The Bertz CT molecular complexity index is 2620. The number of allylic oxidation sites excluding steroid dienone is 2. The van der Waals surface area contributed by atoms with Crippen molar-refractivity contribution in [1.29, 1.82) is 0 Å². The number of rotatable bonds is 7. The molecule has 9 nitrogen and oxygen atoms in total. The number of Topliss-reactive ketones (excluding diaryl/α,β-unsaturated/α-hetero) is 1. The molecule has 1 aliphatic rings. The first-order chi connectivity index (χ1) is 24.4. The maximum absolute atomic E-state index is 15.0. The largest absolute Gasteiger partial charge is 0.775 e. The summed E-state index contributed by atoms with van der Waals surface area (Å²) in [6.45, 7) is 8.11. The molecular formula is C42H39N8O-. The number of nitrogens with two attached hydrogens (primary N) is 2. The van der Waals surface area contributed by atoms with E-state index in [-0.39, 0.29) is 17.1 Å². The molecule has 0 fully saturated rings. The van der Waals surface area contributed by atoms with Gasteiger partial charge < -0.3 is 36.9 Å². The number of anilines is 6. The minimum absolute atomic E-state index is 0.161. The van der Waals surface area contributed by atoms with Gasteiger partial charge in [-0.15, -0.1) is 0 Å². The van der Waals surface area contributed by atoms with Crippen molar-refractivity contribution in [2.75, 3.05) is 80.8 Å². The number of nitrogens with one attached hydrogen (secondary N) is 1. The lowest BCUT2D eigenvalue weighted by Crippen LogP contribution is -2.31. The van der Waals surface area contributed by atoms with Gasteiger partial charge in [-0.05, 0) is 56.9 Å². The van der Waals surface area contributed by atoms with Crippen LogP contribution in [0.15, 0.2) is 84.1 Å². The molecule has 0 saturated heterocycles. The van der Waals surface area contributed by atoms with Crippen molar-refractivity contribution in [3.63, 3.8) is 0 Å². The van der Waals surface area contributed by atoms with E-state index in [2.05, 4.69) is 44.0 Å². The van der Waals surface area contributed by atoms with Gasteiger partial charge in [0.2, 0.25) is 5.70 Å². The molecule has 0 saturated carbocycles. The van der Waals surface area contributed by atoms with Crippen LogP contribution in [0.25, 0.3) is 58.9 Å². The lowest BCUT2D eigenvalue weighted by atomic mass is 9.66. The van der Waals surface area contributed by atoms with Gasteiger partial charge in [0.15, 0.2) is 5.78 Å². The number of carbonyl (C=O) groups is 1. The van der Waals surface area contributed by atoms with Crippen LogP contribution in [0.5, 0.6) is 0 Å². The molecule has 1 unspecified atom stereocenters. The van der Waals surface area contributed by atoms with Crippen LogP contribution < -0.4 is 31.5 Å². The van der Waals surface area contributed by atoms with Gasteiger partial charge in [-0.2, -0.15) is 0 Å². The molecular weight excluding hydrogens is 633 g/mol. The number of benzene rings is 6. The monoisotopic (exact) mass is 671 g/mol. The molecule has 1 atom stereocenters. The summed E-state index contributed by atoms with van der Waals surface area (Å²) < 4.78 is 0. The summed E-state index contributed by atoms with van der Waals surface area (Å²) in [7, 11) is 13.8. The Kier molecular flexibility index (Phi) is 7.86. The Morgan fingerprint density at radius 1 is 0.784 bits per heavy atom. The van der Waals surface area contributed by atoms with E-state index in [0.29, 0.717) is 28.1 Å². The van der Waals surface area contributed by atoms with Gasteiger partial charge in [0.1, 0.15) is 0 Å². The molecule has 0 amide bonds. The zero-order chi connectivity index (χ0) is 36.5. The molecule has 0 aliphatic heterocycles. The number of hydrogen-bond acceptors (Lipinski definition) is 7. The van der Waals surface area contributed by atoms with Crippen molar-refractivity contribution in [3.05, 3.63) is 112 Å². The molecule has 0 spiro atoms. The number of carbonyl (C=O) groups excluding carboxylic acids is 1. The molecule has 0 aromatic heterocycles. The highest BCUT2D eigenvalue weighted by Gasteiger charge is 2.45. The average Bonchev–Trinajstić information content (AvgIpc) is 3.11. The third-order valence-corrected chi connectivity index (χ3v) is 10.0. The highest BCUT2D eigenvalue weighted by molar-refractivity contribution is 6.39. The molecule has 7 rings (SSSR count). The minimum atomic E-state index is -0.953. The summed E-state index contributed by atoms with van der Waals surface area (Å²) in [6.07, 6.45) is 0. The van der Waals surface area contributed by atoms with Crippen LogP contribution in [0.4, 0.5) is 34.1 Å². The van der Waals surface area contributed by atoms with Crippen LogP contribution in [0.3, 0.4) is 0 Å². The predicted molar refractivity (Wildman–Crippen MR) is 217 cm³/mol. The van der Waals surface area contributed by atoms with Crippen molar-refractivity contribution < 1.29 is 4.79 Å². The second-order valence-corrected chi connectivity index (χ2v) is 13.6. The fourth-order valence-electron chi connectivity index (χ4n) is 8.00. The Morgan fingerprint density at radius 2 is 1.35 bits per heavy atom. The second-order valence-electron chi connectivity index (χ2n) is 13.6. The first-order valence-corrected chi connectivity index (χ1v) is 16.6. The zero-order valence-corrected chi connectivity index (χ0v) is 29.8. The number of hydrogen-bond donors (Lipinski definition) is 3. The zero-order valence-electron chi connectivity index (χ0n) is 29.8. The quantitative estimate of drug-likeness (QED) is 0.0685. The maximum atomic E-state index is 15.0. The highest BCUT2D eigenvalue weighted by atomic mass is 16.1. The van der Waals surface area contributed by atoms with Gasteiger partial charge in [0, 0.05) is 105 Å². The normalized spacial score (nSPS) is 14.1. The van der Waals surface area contributed by atoms with Crippen LogP contribution in [0.2, 0.25) is 0 Å². The van der Waals surface area contributed by atoms with Crippen LogP contribution in [-0.2, 0) is 4.79 Å². The summed E-state index contributed by atoms with van der Waals surface area (Å²) in [5.74, 6) is 0.921. The molecule has 51 heavy (non-hydrogen) atoms. The van der Waals surface area contributed by atoms with E-state index in [4.69, 9.17) is 18.0 Å². The van der Waals surface area contributed by atoms with Gasteiger partial charge in [0.05, 0.1) is 23.9 Å². The third-order valence-electron chi connectivity index (χ3n) is 10.0. The van der Waals surface area contributed by atoms with Crippen molar-refractivity contribution >= 4 is 94.4 Å². The molecule has 0 radical (unpaired) electrons. The number of nitrogen functional groups attached to an aromatic ring is 2. The first-order valence-electron chi connectivity index (χ1n) is 16.6. The average molecular weight is 672 g/mol. The van der Waals surface area contributed by atoms with Gasteiger partial charge in [-0.1, -0.05) is 48.5 Å². The molecule has 9 heteroatoms. The fourth-order valence-corrected chi connectivity index (χ4v) is 8.00. The molecule has 0 heterocycles. The fraction of sp³-hybridized carbons (Fsp3) is 0.190. The first kappa shape index (κ1) is 33.0. The van der Waals surface area contributed by atoms with Gasteiger partial charge in [0.25, 0.3) is 0 Å². The standard InChI is InChI=1S/C42H39N8O/c1-46-30-19-28(44)33(26-17-22-13-9-11-15-24(22)40(35(26)30)49(5)6)38-37(31(21-43)47-2)39(42(38)51)34-27-18-23-14-10-12-16-25(23)41(50(7)8)36(27)32(48(3)4)20-29(34)45/h9-20,39,46H,44-45H2,1,3-8H3/q-1.